The average Bonchev–Trinajstić information content (AvgIpc) is 3.22. The zero-order chi connectivity index (χ0) is 24.3. The summed E-state index contributed by atoms with van der Waals surface area (Å²) in [4.78, 5) is 20.9. The number of aromatic nitrogens is 4. The Balaban J connectivity index is 1.42. The van der Waals surface area contributed by atoms with Crippen LogP contribution < -0.4 is 15.4 Å². The van der Waals surface area contributed by atoms with Gasteiger partial charge in [0.1, 0.15) is 17.3 Å². The first-order valence-electron chi connectivity index (χ1n) is 10.6. The number of anilines is 2. The maximum Gasteiger partial charge on any atom is 0.323 e. The summed E-state index contributed by atoms with van der Waals surface area (Å²) >= 11 is 0. The van der Waals surface area contributed by atoms with E-state index in [-0.39, 0.29) is 16.9 Å². The normalized spacial score (nSPS) is 11.2. The lowest BCUT2D eigenvalue weighted by Crippen LogP contribution is -2.21. The number of carbonyl (C=O) groups excluding carboxylic acids is 1. The van der Waals surface area contributed by atoms with Crippen LogP contribution in [0.15, 0.2) is 67.4 Å². The first kappa shape index (κ1) is 22.9. The molecular formula is C25H25FN6O2. The van der Waals surface area contributed by atoms with Crippen molar-refractivity contribution in [2.75, 3.05) is 10.6 Å². The molecule has 0 aliphatic carbocycles. The summed E-state index contributed by atoms with van der Waals surface area (Å²) in [6.07, 6.45) is 8.44. The molecule has 9 heteroatoms. The van der Waals surface area contributed by atoms with Crippen LogP contribution in [0.4, 0.5) is 20.6 Å². The van der Waals surface area contributed by atoms with Crippen molar-refractivity contribution in [1.82, 2.24) is 19.7 Å². The second-order valence-corrected chi connectivity index (χ2v) is 8.81. The highest BCUT2D eigenvalue weighted by Gasteiger charge is 2.15. The van der Waals surface area contributed by atoms with Gasteiger partial charge in [-0.25, -0.2) is 9.18 Å². The number of aryl methyl sites for hydroxylation is 1. The van der Waals surface area contributed by atoms with Crippen LogP contribution in [0.5, 0.6) is 11.5 Å². The molecule has 1 aromatic carbocycles. The van der Waals surface area contributed by atoms with Crippen molar-refractivity contribution in [2.24, 2.45) is 7.05 Å². The topological polar surface area (TPSA) is 94.0 Å². The highest BCUT2D eigenvalue weighted by atomic mass is 19.1. The van der Waals surface area contributed by atoms with E-state index in [1.807, 2.05) is 19.3 Å². The van der Waals surface area contributed by atoms with Crippen LogP contribution in [0.25, 0.3) is 11.3 Å². The van der Waals surface area contributed by atoms with Crippen molar-refractivity contribution < 1.29 is 13.9 Å². The van der Waals surface area contributed by atoms with E-state index in [4.69, 9.17) is 4.74 Å². The van der Waals surface area contributed by atoms with Gasteiger partial charge in [0, 0.05) is 43.3 Å². The molecule has 8 nitrogen and oxygen atoms in total. The number of nitrogens with zero attached hydrogens (tertiary/aromatic N) is 4. The molecular weight excluding hydrogens is 435 g/mol. The van der Waals surface area contributed by atoms with Gasteiger partial charge in [0.2, 0.25) is 0 Å². The fraction of sp³-hybridized carbons (Fsp3) is 0.200. The third-order valence-electron chi connectivity index (χ3n) is 5.02. The first-order valence-corrected chi connectivity index (χ1v) is 10.6. The van der Waals surface area contributed by atoms with Crippen LogP contribution >= 0.6 is 0 Å². The lowest BCUT2D eigenvalue weighted by Gasteiger charge is -2.19. The van der Waals surface area contributed by atoms with E-state index in [9.17, 15) is 9.18 Å². The van der Waals surface area contributed by atoms with Crippen molar-refractivity contribution >= 4 is 17.4 Å². The molecule has 0 saturated carbocycles. The van der Waals surface area contributed by atoms with Crippen LogP contribution in [-0.4, -0.2) is 25.8 Å². The van der Waals surface area contributed by atoms with Gasteiger partial charge < -0.3 is 15.4 Å². The number of pyridine rings is 2. The van der Waals surface area contributed by atoms with Gasteiger partial charge in [0.25, 0.3) is 0 Å². The molecule has 0 bridgehead atoms. The van der Waals surface area contributed by atoms with Gasteiger partial charge >= 0.3 is 6.03 Å². The monoisotopic (exact) mass is 460 g/mol. The Kier molecular flexibility index (Phi) is 6.27. The Hall–Kier alpha value is -4.27. The maximum atomic E-state index is 14.7. The molecule has 0 aliphatic heterocycles. The summed E-state index contributed by atoms with van der Waals surface area (Å²) in [6.45, 7) is 6.16. The van der Waals surface area contributed by atoms with Crippen molar-refractivity contribution in [3.8, 4) is 22.8 Å². The number of hydrogen-bond acceptors (Lipinski definition) is 5. The number of rotatable bonds is 5. The summed E-state index contributed by atoms with van der Waals surface area (Å²) in [5.74, 6) is 0.155. The Bertz CT molecular complexity index is 1330. The van der Waals surface area contributed by atoms with Crippen LogP contribution in [0.3, 0.4) is 0 Å². The molecule has 2 N–H and O–H groups in total. The molecule has 4 aromatic rings. The lowest BCUT2D eigenvalue weighted by atomic mass is 9.88. The van der Waals surface area contributed by atoms with Gasteiger partial charge in [-0.2, -0.15) is 5.10 Å². The molecule has 3 heterocycles. The van der Waals surface area contributed by atoms with E-state index in [0.29, 0.717) is 17.1 Å². The molecule has 2 amide bonds. The van der Waals surface area contributed by atoms with Gasteiger partial charge in [-0.3, -0.25) is 14.6 Å². The Labute approximate surface area is 196 Å². The molecule has 0 spiro atoms. The van der Waals surface area contributed by atoms with Crippen LogP contribution in [0.1, 0.15) is 26.3 Å². The van der Waals surface area contributed by atoms with Gasteiger partial charge in [0.05, 0.1) is 29.5 Å². The smallest absolute Gasteiger partial charge is 0.323 e. The molecule has 3 aromatic heterocycles. The minimum absolute atomic E-state index is 0.0237. The third-order valence-corrected chi connectivity index (χ3v) is 5.02. The molecule has 0 atom stereocenters. The van der Waals surface area contributed by atoms with Crippen molar-refractivity contribution in [2.45, 2.75) is 26.2 Å². The van der Waals surface area contributed by atoms with Crippen molar-refractivity contribution in [1.29, 1.82) is 0 Å². The zero-order valence-electron chi connectivity index (χ0n) is 19.3. The Morgan fingerprint density at radius 3 is 2.53 bits per heavy atom. The van der Waals surface area contributed by atoms with Crippen LogP contribution in [0.2, 0.25) is 0 Å². The molecule has 0 unspecified atom stereocenters. The summed E-state index contributed by atoms with van der Waals surface area (Å²) in [5, 5.41) is 9.33. The summed E-state index contributed by atoms with van der Waals surface area (Å²) in [6, 6.07) is 8.92. The molecule has 34 heavy (non-hydrogen) atoms. The van der Waals surface area contributed by atoms with E-state index in [1.165, 1.54) is 18.3 Å². The fourth-order valence-electron chi connectivity index (χ4n) is 3.19. The lowest BCUT2D eigenvalue weighted by molar-refractivity contribution is 0.262. The van der Waals surface area contributed by atoms with E-state index in [1.54, 1.807) is 41.5 Å². The number of amides is 2. The minimum Gasteiger partial charge on any atom is -0.457 e. The largest absolute Gasteiger partial charge is 0.457 e. The molecule has 0 saturated heterocycles. The minimum atomic E-state index is -0.629. The number of ether oxygens (including phenoxy) is 1. The van der Waals surface area contributed by atoms with E-state index in [0.717, 1.165) is 11.1 Å². The van der Waals surface area contributed by atoms with E-state index >= 15 is 0 Å². The number of halogens is 1. The quantitative estimate of drug-likeness (QED) is 0.395. The number of nitrogens with one attached hydrogen (secondary N) is 2. The highest BCUT2D eigenvalue weighted by molar-refractivity contribution is 5.99. The summed E-state index contributed by atoms with van der Waals surface area (Å²) in [7, 11) is 1.82. The predicted octanol–water partition coefficient (Wildman–Crippen LogP) is 5.75. The van der Waals surface area contributed by atoms with Gasteiger partial charge in [-0.1, -0.05) is 20.8 Å². The molecule has 0 radical (unpaired) electrons. The van der Waals surface area contributed by atoms with Gasteiger partial charge in [-0.15, -0.1) is 0 Å². The molecule has 0 aliphatic rings. The predicted molar refractivity (Wildman–Crippen MR) is 128 cm³/mol. The van der Waals surface area contributed by atoms with Crippen LogP contribution in [0, 0.1) is 5.82 Å². The van der Waals surface area contributed by atoms with Gasteiger partial charge in [0.15, 0.2) is 0 Å². The molecule has 0 fully saturated rings. The SMILES string of the molecule is Cn1cc(-c2cc(Oc3ccc(NC(=O)Nc4cncc(C(C)(C)C)c4)c(F)c3)ccn2)cn1. The number of hydrogen-bond donors (Lipinski definition) is 2. The second-order valence-electron chi connectivity index (χ2n) is 8.81. The third kappa shape index (κ3) is 5.55. The number of benzene rings is 1. The number of carbonyl (C=O) groups is 1. The second kappa shape index (κ2) is 9.30. The average molecular weight is 461 g/mol. The van der Waals surface area contributed by atoms with E-state index in [2.05, 4.69) is 46.5 Å². The van der Waals surface area contributed by atoms with Crippen LogP contribution in [-0.2, 0) is 12.5 Å². The zero-order valence-corrected chi connectivity index (χ0v) is 19.3. The first-order chi connectivity index (χ1) is 16.2. The Morgan fingerprint density at radius 1 is 1.03 bits per heavy atom. The number of urea groups is 1. The summed E-state index contributed by atoms with van der Waals surface area (Å²) in [5.41, 5.74) is 2.93. The van der Waals surface area contributed by atoms with Crippen molar-refractivity contribution in [3.05, 3.63) is 78.8 Å². The maximum absolute atomic E-state index is 14.7. The standard InChI is InChI=1S/C25H25FN6O2/c1-25(2,3)17-9-18(14-27-13-17)30-24(33)31-22-6-5-19(10-21(22)26)34-20-7-8-28-23(11-20)16-12-29-32(4)15-16/h5-15H,1-4H3,(H2,30,31,33). The van der Waals surface area contributed by atoms with Crippen molar-refractivity contribution in [3.63, 3.8) is 0 Å². The van der Waals surface area contributed by atoms with Gasteiger partial charge in [-0.05, 0) is 35.2 Å². The Morgan fingerprint density at radius 2 is 1.82 bits per heavy atom. The molecule has 4 rings (SSSR count). The van der Waals surface area contributed by atoms with E-state index < -0.39 is 11.8 Å². The summed E-state index contributed by atoms with van der Waals surface area (Å²) < 4.78 is 22.1. The molecule has 174 valence electrons. The highest BCUT2D eigenvalue weighted by Crippen LogP contribution is 2.28. The fourth-order valence-corrected chi connectivity index (χ4v) is 3.19.